The first-order chi connectivity index (χ1) is 3.13. The fourth-order valence-corrected chi connectivity index (χ4v) is 0.203. The lowest BCUT2D eigenvalue weighted by atomic mass is 10.3. The zero-order valence-corrected chi connectivity index (χ0v) is 6.93. The smallest absolute Gasteiger partial charge is 0.135 e. The van der Waals surface area contributed by atoms with Crippen LogP contribution in [0.3, 0.4) is 0 Å². The minimum Gasteiger partial charge on any atom is -0.550 e. The van der Waals surface area contributed by atoms with Crippen LogP contribution in [0, 0.1) is 0 Å². The molecule has 0 N–H and O–H groups in total. The van der Waals surface area contributed by atoms with Crippen LogP contribution in [0.25, 0.3) is 0 Å². The molecule has 8 heavy (non-hydrogen) atoms. The van der Waals surface area contributed by atoms with Gasteiger partial charge < -0.3 is 9.90 Å². The number of carbonyl (C=O) groups excluding carboxylic acids is 2. The highest BCUT2D eigenvalue weighted by molar-refractivity contribution is 6.92. The molecule has 1 atom stereocenters. The van der Waals surface area contributed by atoms with E-state index in [4.69, 9.17) is 0 Å². The standard InChI is InChI=1S/C4H6O3.H3P/c1-3(5)2-4(6)7;/h2H2,1H3,(H,6,7);1H3. The largest absolute Gasteiger partial charge is 0.550 e. The lowest BCUT2D eigenvalue weighted by Gasteiger charge is -1.92. The maximum absolute atomic E-state index is 9.83. The van der Waals surface area contributed by atoms with Crippen LogP contribution in [0.2, 0.25) is 0 Å². The minimum atomic E-state index is -1.31. The average Bonchev–Trinajstić information content (AvgIpc) is 1.27. The van der Waals surface area contributed by atoms with Crippen molar-refractivity contribution < 1.29 is 14.7 Å². The van der Waals surface area contributed by atoms with Crippen molar-refractivity contribution in [1.82, 2.24) is 0 Å². The van der Waals surface area contributed by atoms with E-state index >= 15 is 0 Å². The van der Waals surface area contributed by atoms with Gasteiger partial charge in [0, 0.05) is 12.4 Å². The van der Waals surface area contributed by atoms with Gasteiger partial charge in [0.05, 0.1) is 0 Å². The number of ketones is 1. The van der Waals surface area contributed by atoms with E-state index in [0.29, 0.717) is 0 Å². The molecule has 0 aromatic heterocycles. The molecule has 0 bridgehead atoms. The van der Waals surface area contributed by atoms with Gasteiger partial charge in [-0.2, -0.15) is 0 Å². The summed E-state index contributed by atoms with van der Waals surface area (Å²) < 4.78 is 0. The van der Waals surface area contributed by atoms with Crippen molar-refractivity contribution in [1.29, 1.82) is 0 Å². The summed E-state index contributed by atoms with van der Waals surface area (Å²) in [6.07, 6.45) is -0.472. The van der Waals surface area contributed by atoms with Crippen molar-refractivity contribution in [3.8, 4) is 0 Å². The number of aliphatic carboxylic acids is 1. The van der Waals surface area contributed by atoms with E-state index in [1.54, 1.807) is 0 Å². The fourth-order valence-electron chi connectivity index (χ4n) is 0.203. The Bertz CT molecular complexity index is 87.5. The molecule has 0 amide bonds. The summed E-state index contributed by atoms with van der Waals surface area (Å²) in [5, 5.41) is 9.48. The second-order valence-electron chi connectivity index (χ2n) is 1.25. The molecule has 0 saturated heterocycles. The maximum Gasteiger partial charge on any atom is 0.135 e. The molecule has 0 aliphatic heterocycles. The van der Waals surface area contributed by atoms with Gasteiger partial charge in [-0.25, -0.2) is 0 Å². The third-order valence-corrected chi connectivity index (χ3v) is 0.393. The fraction of sp³-hybridized carbons (Fsp3) is 0.500. The third-order valence-electron chi connectivity index (χ3n) is 0.393. The normalized spacial score (nSPS) is 7.12. The number of hydrogen-bond donors (Lipinski definition) is 0. The van der Waals surface area contributed by atoms with Gasteiger partial charge in [-0.15, -0.1) is 0 Å². The molecular weight excluding hydrogens is 127 g/mol. The highest BCUT2D eigenvalue weighted by Crippen LogP contribution is 1.74. The zero-order valence-electron chi connectivity index (χ0n) is 4.93. The quantitative estimate of drug-likeness (QED) is 0.343. The molecule has 0 spiro atoms. The predicted molar refractivity (Wildman–Crippen MR) is 32.8 cm³/mol. The second kappa shape index (κ2) is 4.72. The Morgan fingerprint density at radius 2 is 1.88 bits per heavy atom. The summed E-state index contributed by atoms with van der Waals surface area (Å²) in [6.45, 7) is 1.20. The molecule has 0 fully saturated rings. The number of carboxylic acid groups (broad SMARTS) is 1. The Labute approximate surface area is 50.7 Å². The summed E-state index contributed by atoms with van der Waals surface area (Å²) in [6, 6.07) is 0. The van der Waals surface area contributed by atoms with Gasteiger partial charge in [0.15, 0.2) is 0 Å². The van der Waals surface area contributed by atoms with Crippen LogP contribution >= 0.6 is 9.90 Å². The number of carbonyl (C=O) groups is 2. The average molecular weight is 136 g/mol. The van der Waals surface area contributed by atoms with Crippen LogP contribution in [0.4, 0.5) is 0 Å². The Hall–Kier alpha value is -0.430. The van der Waals surface area contributed by atoms with Crippen molar-refractivity contribution in [3.63, 3.8) is 0 Å². The molecule has 1 unspecified atom stereocenters. The van der Waals surface area contributed by atoms with Crippen molar-refractivity contribution in [2.75, 3.05) is 0 Å². The summed E-state index contributed by atoms with van der Waals surface area (Å²) in [7, 11) is 0. The first kappa shape index (κ1) is 10.5. The Kier molecular flexibility index (Phi) is 6.22. The van der Waals surface area contributed by atoms with E-state index < -0.39 is 12.4 Å². The van der Waals surface area contributed by atoms with E-state index in [1.807, 2.05) is 0 Å². The van der Waals surface area contributed by atoms with Gasteiger partial charge in [-0.3, -0.25) is 4.79 Å². The SMILES string of the molecule is CC(=O)CC(=O)[O-].[PH4+]. The lowest BCUT2D eigenvalue weighted by molar-refractivity contribution is -0.304. The molecule has 0 aromatic carbocycles. The minimum absolute atomic E-state index is 0. The van der Waals surface area contributed by atoms with Crippen LogP contribution in [0.1, 0.15) is 13.3 Å². The molecule has 0 aromatic rings. The Morgan fingerprint density at radius 3 is 1.88 bits per heavy atom. The Morgan fingerprint density at radius 1 is 1.50 bits per heavy atom. The van der Waals surface area contributed by atoms with Gasteiger partial charge in [-0.1, -0.05) is 0 Å². The zero-order chi connectivity index (χ0) is 5.86. The molecule has 3 nitrogen and oxygen atoms in total. The van der Waals surface area contributed by atoms with E-state index in [9.17, 15) is 14.7 Å². The Balaban J connectivity index is 0. The van der Waals surface area contributed by atoms with Gasteiger partial charge in [0.25, 0.3) is 0 Å². The molecular formula is C4H9O3P. The highest BCUT2D eigenvalue weighted by Gasteiger charge is 1.88. The molecule has 0 radical (unpaired) electrons. The summed E-state index contributed by atoms with van der Waals surface area (Å²) in [5.41, 5.74) is 0. The summed E-state index contributed by atoms with van der Waals surface area (Å²) in [4.78, 5) is 19.3. The number of hydrogen-bond acceptors (Lipinski definition) is 3. The van der Waals surface area contributed by atoms with Crippen LogP contribution in [0.5, 0.6) is 0 Å². The summed E-state index contributed by atoms with van der Waals surface area (Å²) >= 11 is 0. The van der Waals surface area contributed by atoms with Crippen LogP contribution in [0.15, 0.2) is 0 Å². The van der Waals surface area contributed by atoms with Gasteiger partial charge in [0.2, 0.25) is 0 Å². The molecule has 0 heterocycles. The topological polar surface area (TPSA) is 57.2 Å². The molecule has 48 valence electrons. The summed E-state index contributed by atoms with van der Waals surface area (Å²) in [5.74, 6) is -1.69. The van der Waals surface area contributed by atoms with Crippen LogP contribution in [-0.2, 0) is 9.59 Å². The van der Waals surface area contributed by atoms with Gasteiger partial charge >= 0.3 is 0 Å². The number of Topliss-reactive ketones (excluding diaryl/α,β-unsaturated/α-hetero) is 1. The van der Waals surface area contributed by atoms with Gasteiger partial charge in [0.1, 0.15) is 5.78 Å². The first-order valence-corrected chi connectivity index (χ1v) is 1.82. The lowest BCUT2D eigenvalue weighted by Crippen LogP contribution is -2.24. The highest BCUT2D eigenvalue weighted by atomic mass is 31.0. The molecule has 0 aliphatic rings. The second-order valence-corrected chi connectivity index (χ2v) is 1.25. The first-order valence-electron chi connectivity index (χ1n) is 1.82. The van der Waals surface area contributed by atoms with E-state index in [-0.39, 0.29) is 15.7 Å². The maximum atomic E-state index is 9.83. The molecule has 0 aliphatic carbocycles. The predicted octanol–water partition coefficient (Wildman–Crippen LogP) is -1.49. The number of carboxylic acids is 1. The van der Waals surface area contributed by atoms with Crippen LogP contribution in [-0.4, -0.2) is 11.8 Å². The molecule has 4 heteroatoms. The van der Waals surface area contributed by atoms with Gasteiger partial charge in [-0.05, 0) is 16.8 Å². The molecule has 0 saturated carbocycles. The van der Waals surface area contributed by atoms with Crippen molar-refractivity contribution in [3.05, 3.63) is 0 Å². The van der Waals surface area contributed by atoms with E-state index in [1.165, 1.54) is 6.92 Å². The van der Waals surface area contributed by atoms with Crippen molar-refractivity contribution >= 4 is 21.7 Å². The van der Waals surface area contributed by atoms with Crippen molar-refractivity contribution in [2.45, 2.75) is 13.3 Å². The van der Waals surface area contributed by atoms with Crippen LogP contribution < -0.4 is 5.11 Å². The van der Waals surface area contributed by atoms with E-state index in [2.05, 4.69) is 0 Å². The number of rotatable bonds is 2. The van der Waals surface area contributed by atoms with Crippen molar-refractivity contribution in [2.24, 2.45) is 0 Å². The monoisotopic (exact) mass is 136 g/mol. The van der Waals surface area contributed by atoms with E-state index in [0.717, 1.165) is 0 Å². The third kappa shape index (κ3) is 9.13. The molecule has 0 rings (SSSR count).